The predicted octanol–water partition coefficient (Wildman–Crippen LogP) is 4.64. The van der Waals surface area contributed by atoms with Gasteiger partial charge in [-0.25, -0.2) is 0 Å². The highest BCUT2D eigenvalue weighted by molar-refractivity contribution is 6.32. The Labute approximate surface area is 172 Å². The lowest BCUT2D eigenvalue weighted by molar-refractivity contribution is 0.198. The van der Waals surface area contributed by atoms with Crippen LogP contribution in [0.4, 0.5) is 5.69 Å². The van der Waals surface area contributed by atoms with E-state index < -0.39 is 0 Å². The summed E-state index contributed by atoms with van der Waals surface area (Å²) in [6.07, 6.45) is 0. The molecule has 2 aromatic carbocycles. The van der Waals surface area contributed by atoms with Gasteiger partial charge in [0.15, 0.2) is 11.5 Å². The van der Waals surface area contributed by atoms with Gasteiger partial charge in [0.2, 0.25) is 0 Å². The van der Waals surface area contributed by atoms with E-state index in [1.165, 1.54) is 5.56 Å². The van der Waals surface area contributed by atoms with E-state index in [1.807, 2.05) is 25.1 Å². The van der Waals surface area contributed by atoms with Crippen LogP contribution >= 0.6 is 11.6 Å². The zero-order valence-electron chi connectivity index (χ0n) is 17.1. The van der Waals surface area contributed by atoms with Gasteiger partial charge in [0.25, 0.3) is 0 Å². The number of methoxy groups -OCH3 is 2. The van der Waals surface area contributed by atoms with Crippen molar-refractivity contribution >= 4 is 17.3 Å². The van der Waals surface area contributed by atoms with Crippen molar-refractivity contribution in [1.82, 2.24) is 4.90 Å². The summed E-state index contributed by atoms with van der Waals surface area (Å²) >= 11 is 6.22. The Morgan fingerprint density at radius 3 is 2.29 bits per heavy atom. The fourth-order valence-electron chi connectivity index (χ4n) is 3.65. The van der Waals surface area contributed by atoms with Crippen LogP contribution in [0.25, 0.3) is 0 Å². The van der Waals surface area contributed by atoms with Crippen LogP contribution < -0.4 is 19.1 Å². The molecule has 152 valence electrons. The third-order valence-corrected chi connectivity index (χ3v) is 5.64. The van der Waals surface area contributed by atoms with Gasteiger partial charge in [0.1, 0.15) is 5.75 Å². The van der Waals surface area contributed by atoms with Crippen LogP contribution in [0.1, 0.15) is 25.5 Å². The van der Waals surface area contributed by atoms with Crippen LogP contribution in [0.3, 0.4) is 0 Å². The molecule has 1 saturated heterocycles. The molecule has 0 spiro atoms. The topological polar surface area (TPSA) is 34.2 Å². The van der Waals surface area contributed by atoms with Gasteiger partial charge in [-0.3, -0.25) is 4.90 Å². The van der Waals surface area contributed by atoms with Crippen LogP contribution in [0.5, 0.6) is 17.2 Å². The molecule has 0 aromatic heterocycles. The van der Waals surface area contributed by atoms with Gasteiger partial charge in [-0.05, 0) is 43.7 Å². The van der Waals surface area contributed by atoms with Crippen molar-refractivity contribution in [3.63, 3.8) is 0 Å². The molecule has 2 aromatic rings. The van der Waals surface area contributed by atoms with Crippen molar-refractivity contribution < 1.29 is 14.2 Å². The molecule has 1 atom stereocenters. The summed E-state index contributed by atoms with van der Waals surface area (Å²) < 4.78 is 16.4. The molecule has 0 amide bonds. The molecule has 0 saturated carbocycles. The zero-order valence-corrected chi connectivity index (χ0v) is 17.8. The minimum absolute atomic E-state index is 0.311. The molecule has 1 heterocycles. The van der Waals surface area contributed by atoms with Gasteiger partial charge in [0, 0.05) is 44.0 Å². The van der Waals surface area contributed by atoms with Gasteiger partial charge >= 0.3 is 0 Å². The fourth-order valence-corrected chi connectivity index (χ4v) is 3.82. The van der Waals surface area contributed by atoms with Crippen molar-refractivity contribution in [3.05, 3.63) is 47.0 Å². The second kappa shape index (κ2) is 9.39. The Hall–Kier alpha value is -2.11. The molecular formula is C22H29ClN2O3. The minimum Gasteiger partial charge on any atom is -0.493 e. The van der Waals surface area contributed by atoms with Crippen LogP contribution in [-0.2, 0) is 0 Å². The molecule has 6 heteroatoms. The molecule has 1 unspecified atom stereocenters. The van der Waals surface area contributed by atoms with Crippen molar-refractivity contribution in [2.45, 2.75) is 19.9 Å². The summed E-state index contributed by atoms with van der Waals surface area (Å²) in [5.74, 6) is 2.29. The fraction of sp³-hybridized carbons (Fsp3) is 0.455. The van der Waals surface area contributed by atoms with Crippen LogP contribution in [0.2, 0.25) is 5.02 Å². The van der Waals surface area contributed by atoms with Crippen molar-refractivity contribution in [2.75, 3.05) is 51.9 Å². The summed E-state index contributed by atoms with van der Waals surface area (Å²) in [6.45, 7) is 8.73. The number of hydrogen-bond donors (Lipinski definition) is 0. The average molecular weight is 405 g/mol. The molecule has 1 aliphatic heterocycles. The average Bonchev–Trinajstić information content (AvgIpc) is 2.74. The van der Waals surface area contributed by atoms with Crippen LogP contribution in [0.15, 0.2) is 36.4 Å². The lowest BCUT2D eigenvalue weighted by Crippen LogP contribution is -2.47. The highest BCUT2D eigenvalue weighted by Crippen LogP contribution is 2.33. The number of halogens is 1. The lowest BCUT2D eigenvalue weighted by Gasteiger charge is -2.39. The molecule has 0 N–H and O–H groups in total. The van der Waals surface area contributed by atoms with E-state index in [2.05, 4.69) is 34.9 Å². The first-order valence-corrected chi connectivity index (χ1v) is 10.1. The van der Waals surface area contributed by atoms with E-state index in [9.17, 15) is 0 Å². The smallest absolute Gasteiger partial charge is 0.161 e. The van der Waals surface area contributed by atoms with Gasteiger partial charge < -0.3 is 19.1 Å². The van der Waals surface area contributed by atoms with Gasteiger partial charge in [-0.2, -0.15) is 0 Å². The van der Waals surface area contributed by atoms with Crippen molar-refractivity contribution in [2.24, 2.45) is 0 Å². The third-order valence-electron chi connectivity index (χ3n) is 5.33. The number of ether oxygens (including phenoxy) is 3. The van der Waals surface area contributed by atoms with E-state index in [0.717, 1.165) is 49.1 Å². The molecule has 1 aliphatic rings. The van der Waals surface area contributed by atoms with E-state index in [0.29, 0.717) is 17.7 Å². The Kier molecular flexibility index (Phi) is 6.92. The number of rotatable bonds is 7. The zero-order chi connectivity index (χ0) is 20.1. The molecule has 1 fully saturated rings. The van der Waals surface area contributed by atoms with E-state index in [-0.39, 0.29) is 0 Å². The summed E-state index contributed by atoms with van der Waals surface area (Å²) in [4.78, 5) is 4.88. The second-order valence-corrected chi connectivity index (χ2v) is 7.27. The molecule has 0 radical (unpaired) electrons. The maximum Gasteiger partial charge on any atom is 0.161 e. The Balaban J connectivity index is 1.66. The lowest BCUT2D eigenvalue weighted by atomic mass is 10.0. The Morgan fingerprint density at radius 1 is 0.929 bits per heavy atom. The first-order chi connectivity index (χ1) is 13.6. The second-order valence-electron chi connectivity index (χ2n) is 6.86. The number of hydrogen-bond acceptors (Lipinski definition) is 5. The highest BCUT2D eigenvalue weighted by Gasteiger charge is 2.23. The van der Waals surface area contributed by atoms with Gasteiger partial charge in [-0.1, -0.05) is 17.7 Å². The molecule has 5 nitrogen and oxygen atoms in total. The van der Waals surface area contributed by atoms with E-state index >= 15 is 0 Å². The standard InChI is InChI=1S/C22H29ClN2O3/c1-5-28-21-15-18(7-8-19(21)23)25-12-10-24(11-13-25)16(2)17-6-9-20(26-3)22(14-17)27-4/h6-9,14-16H,5,10-13H2,1-4H3. The van der Waals surface area contributed by atoms with Gasteiger partial charge in [0.05, 0.1) is 25.8 Å². The largest absolute Gasteiger partial charge is 0.493 e. The number of piperazine rings is 1. The number of benzene rings is 2. The van der Waals surface area contributed by atoms with E-state index in [1.54, 1.807) is 14.2 Å². The molecule has 28 heavy (non-hydrogen) atoms. The summed E-state index contributed by atoms with van der Waals surface area (Å²) in [5, 5.41) is 0.659. The summed E-state index contributed by atoms with van der Waals surface area (Å²) in [7, 11) is 3.33. The van der Waals surface area contributed by atoms with Crippen molar-refractivity contribution in [3.8, 4) is 17.2 Å². The monoisotopic (exact) mass is 404 g/mol. The first-order valence-electron chi connectivity index (χ1n) is 9.70. The minimum atomic E-state index is 0.311. The molecule has 0 aliphatic carbocycles. The summed E-state index contributed by atoms with van der Waals surface area (Å²) in [6, 6.07) is 12.5. The van der Waals surface area contributed by atoms with Gasteiger partial charge in [-0.15, -0.1) is 0 Å². The van der Waals surface area contributed by atoms with Crippen molar-refractivity contribution in [1.29, 1.82) is 0 Å². The van der Waals surface area contributed by atoms with E-state index in [4.69, 9.17) is 25.8 Å². The predicted molar refractivity (Wildman–Crippen MR) is 114 cm³/mol. The molecule has 0 bridgehead atoms. The number of nitrogens with zero attached hydrogens (tertiary/aromatic N) is 2. The maximum atomic E-state index is 6.22. The molecule has 3 rings (SSSR count). The summed E-state index contributed by atoms with van der Waals surface area (Å²) in [5.41, 5.74) is 2.39. The quantitative estimate of drug-likeness (QED) is 0.671. The molecular weight excluding hydrogens is 376 g/mol. The Morgan fingerprint density at radius 2 is 1.64 bits per heavy atom. The highest BCUT2D eigenvalue weighted by atomic mass is 35.5. The van der Waals surface area contributed by atoms with Crippen LogP contribution in [-0.4, -0.2) is 51.9 Å². The number of anilines is 1. The Bertz CT molecular complexity index is 791. The first kappa shape index (κ1) is 20.6. The maximum absolute atomic E-state index is 6.22. The third kappa shape index (κ3) is 4.47. The SMILES string of the molecule is CCOc1cc(N2CCN(C(C)c3ccc(OC)c(OC)c3)CC2)ccc1Cl. The normalized spacial score (nSPS) is 16.0. The van der Waals surface area contributed by atoms with Crippen LogP contribution in [0, 0.1) is 0 Å².